The van der Waals surface area contributed by atoms with Crippen LogP contribution < -0.4 is 19.9 Å². The second kappa shape index (κ2) is 6.58. The van der Waals surface area contributed by atoms with Gasteiger partial charge in [-0.1, -0.05) is 0 Å². The van der Waals surface area contributed by atoms with Crippen LogP contribution in [-0.4, -0.2) is 44.9 Å². The lowest BCUT2D eigenvalue weighted by atomic mass is 10.2. The Morgan fingerprint density at radius 1 is 1.12 bits per heavy atom. The molecule has 0 fully saturated rings. The highest BCUT2D eigenvalue weighted by Crippen LogP contribution is 2.29. The van der Waals surface area contributed by atoms with Gasteiger partial charge in [-0.05, 0) is 30.5 Å². The van der Waals surface area contributed by atoms with Crippen molar-refractivity contribution in [3.05, 3.63) is 23.8 Å². The molecule has 0 atom stereocenters. The number of aromatic hydroxyl groups is 1. The predicted molar refractivity (Wildman–Crippen MR) is 93.7 cm³/mol. The molecule has 3 N–H and O–H groups in total. The standard InChI is InChI=1S/C17H19N5O4/c1-24-11-6-10-7-12(8-11)25-4-2-3-5-26-16-20-14(18)13-15(21-16)22(9-10)17(23)19-13/h6-8H,2-5,9H2,1H3,(H,19,23)(H2,18,20,21). The zero-order valence-corrected chi connectivity index (χ0v) is 14.3. The first-order chi connectivity index (χ1) is 12.6. The van der Waals surface area contributed by atoms with Crippen molar-refractivity contribution in [2.24, 2.45) is 0 Å². The van der Waals surface area contributed by atoms with Crippen molar-refractivity contribution in [3.8, 4) is 23.5 Å². The van der Waals surface area contributed by atoms with Crippen LogP contribution in [-0.2, 0) is 6.54 Å². The van der Waals surface area contributed by atoms with Gasteiger partial charge in [-0.25, -0.2) is 0 Å². The van der Waals surface area contributed by atoms with Gasteiger partial charge in [0, 0.05) is 6.07 Å². The Hall–Kier alpha value is -3.23. The summed E-state index contributed by atoms with van der Waals surface area (Å²) in [5, 5.41) is 10.3. The number of ether oxygens (including phenoxy) is 3. The van der Waals surface area contributed by atoms with Crippen LogP contribution in [0.5, 0.6) is 23.5 Å². The summed E-state index contributed by atoms with van der Waals surface area (Å²) < 4.78 is 18.3. The molecule has 3 heterocycles. The number of nitrogen functional groups attached to an aromatic ring is 1. The molecule has 0 amide bonds. The van der Waals surface area contributed by atoms with Gasteiger partial charge in [-0.3, -0.25) is 4.57 Å². The van der Waals surface area contributed by atoms with Crippen molar-refractivity contribution >= 4 is 17.0 Å². The molecule has 26 heavy (non-hydrogen) atoms. The lowest BCUT2D eigenvalue weighted by Crippen LogP contribution is -2.08. The second-order valence-corrected chi connectivity index (χ2v) is 5.98. The van der Waals surface area contributed by atoms with Gasteiger partial charge >= 0.3 is 6.01 Å². The summed E-state index contributed by atoms with van der Waals surface area (Å²) in [5.41, 5.74) is 7.57. The zero-order chi connectivity index (χ0) is 18.1. The molecule has 1 aliphatic heterocycles. The Balaban J connectivity index is 1.85. The van der Waals surface area contributed by atoms with Crippen LogP contribution in [0, 0.1) is 0 Å². The molecule has 1 aliphatic rings. The fourth-order valence-electron chi connectivity index (χ4n) is 2.86. The van der Waals surface area contributed by atoms with Crippen LogP contribution in [0.2, 0.25) is 0 Å². The lowest BCUT2D eigenvalue weighted by Gasteiger charge is -2.13. The SMILES string of the molecule is COc1cc2cc(c1)OCCCCOc1nc(N)c3nc(O)n(c3n1)C2. The number of hydrogen-bond acceptors (Lipinski definition) is 8. The molecule has 0 aliphatic carbocycles. The number of nitrogens with zero attached hydrogens (tertiary/aromatic N) is 4. The minimum atomic E-state index is -0.199. The Labute approximate surface area is 149 Å². The maximum Gasteiger partial charge on any atom is 0.320 e. The Kier molecular flexibility index (Phi) is 4.11. The van der Waals surface area contributed by atoms with Gasteiger partial charge in [0.25, 0.3) is 6.01 Å². The maximum atomic E-state index is 10.3. The summed E-state index contributed by atoms with van der Waals surface area (Å²) in [6, 6.07) is 5.57. The minimum Gasteiger partial charge on any atom is -0.497 e. The van der Waals surface area contributed by atoms with Gasteiger partial charge in [0.15, 0.2) is 17.0 Å². The molecule has 0 saturated carbocycles. The molecule has 9 nitrogen and oxygen atoms in total. The summed E-state index contributed by atoms with van der Waals surface area (Å²) in [6.45, 7) is 1.31. The van der Waals surface area contributed by atoms with Gasteiger partial charge in [0.1, 0.15) is 11.5 Å². The normalized spacial score (nSPS) is 14.5. The van der Waals surface area contributed by atoms with E-state index in [1.54, 1.807) is 11.7 Å². The largest absolute Gasteiger partial charge is 0.497 e. The van der Waals surface area contributed by atoms with E-state index in [0.717, 1.165) is 18.4 Å². The zero-order valence-electron chi connectivity index (χ0n) is 14.3. The van der Waals surface area contributed by atoms with E-state index in [9.17, 15) is 5.11 Å². The van der Waals surface area contributed by atoms with Crippen molar-refractivity contribution in [1.29, 1.82) is 0 Å². The first kappa shape index (κ1) is 16.2. The van der Waals surface area contributed by atoms with Crippen LogP contribution >= 0.6 is 0 Å². The van der Waals surface area contributed by atoms with Crippen LogP contribution in [0.25, 0.3) is 11.2 Å². The van der Waals surface area contributed by atoms with Crippen LogP contribution in [0.1, 0.15) is 18.4 Å². The number of imidazole rings is 1. The first-order valence-electron chi connectivity index (χ1n) is 8.30. The Morgan fingerprint density at radius 3 is 2.73 bits per heavy atom. The number of anilines is 1. The maximum absolute atomic E-state index is 10.3. The van der Waals surface area contributed by atoms with Crippen molar-refractivity contribution in [2.75, 3.05) is 26.1 Å². The highest BCUT2D eigenvalue weighted by atomic mass is 16.5. The van der Waals surface area contributed by atoms with E-state index in [1.807, 2.05) is 18.2 Å². The fourth-order valence-corrected chi connectivity index (χ4v) is 2.86. The van der Waals surface area contributed by atoms with Crippen molar-refractivity contribution in [3.63, 3.8) is 0 Å². The summed E-state index contributed by atoms with van der Waals surface area (Å²) in [7, 11) is 1.60. The average Bonchev–Trinajstić information content (AvgIpc) is 2.94. The minimum absolute atomic E-state index is 0.167. The predicted octanol–water partition coefficient (Wildman–Crippen LogP) is 1.72. The topological polar surface area (TPSA) is 118 Å². The highest BCUT2D eigenvalue weighted by molar-refractivity contribution is 5.83. The molecule has 4 bridgehead atoms. The molecule has 2 aromatic heterocycles. The van der Waals surface area contributed by atoms with Gasteiger partial charge in [0.2, 0.25) is 0 Å². The lowest BCUT2D eigenvalue weighted by molar-refractivity contribution is 0.254. The Morgan fingerprint density at radius 2 is 1.92 bits per heavy atom. The van der Waals surface area contributed by atoms with Gasteiger partial charge < -0.3 is 25.1 Å². The molecule has 3 aromatic rings. The third kappa shape index (κ3) is 3.03. The summed E-state index contributed by atoms with van der Waals surface area (Å²) >= 11 is 0. The van der Waals surface area contributed by atoms with Crippen LogP contribution in [0.4, 0.5) is 5.82 Å². The molecule has 0 spiro atoms. The monoisotopic (exact) mass is 357 g/mol. The second-order valence-electron chi connectivity index (χ2n) is 5.98. The molecule has 0 unspecified atom stereocenters. The number of nitrogens with two attached hydrogens (primary N) is 1. The molecular weight excluding hydrogens is 338 g/mol. The molecule has 136 valence electrons. The number of methoxy groups -OCH3 is 1. The number of fused-ring (bicyclic) bond motifs is 3. The fraction of sp³-hybridized carbons (Fsp3) is 0.353. The third-order valence-corrected chi connectivity index (χ3v) is 4.14. The van der Waals surface area contributed by atoms with Crippen molar-refractivity contribution < 1.29 is 19.3 Å². The van der Waals surface area contributed by atoms with E-state index in [2.05, 4.69) is 15.0 Å². The molecular formula is C17H19N5O4. The summed E-state index contributed by atoms with van der Waals surface area (Å²) in [4.78, 5) is 12.6. The quantitative estimate of drug-likeness (QED) is 0.676. The summed E-state index contributed by atoms with van der Waals surface area (Å²) in [6.07, 6.45) is 1.60. The summed E-state index contributed by atoms with van der Waals surface area (Å²) in [5.74, 6) is 1.54. The van der Waals surface area contributed by atoms with E-state index in [0.29, 0.717) is 42.4 Å². The Bertz CT molecular complexity index is 956. The van der Waals surface area contributed by atoms with E-state index in [1.165, 1.54) is 0 Å². The highest BCUT2D eigenvalue weighted by Gasteiger charge is 2.18. The van der Waals surface area contributed by atoms with Crippen LogP contribution in [0.3, 0.4) is 0 Å². The van der Waals surface area contributed by atoms with Gasteiger partial charge in [-0.2, -0.15) is 15.0 Å². The molecule has 0 radical (unpaired) electrons. The molecule has 1 aromatic carbocycles. The van der Waals surface area contributed by atoms with E-state index in [-0.39, 0.29) is 17.8 Å². The van der Waals surface area contributed by atoms with Crippen molar-refractivity contribution in [1.82, 2.24) is 19.5 Å². The van der Waals surface area contributed by atoms with Gasteiger partial charge in [0.05, 0.1) is 26.9 Å². The number of rotatable bonds is 1. The van der Waals surface area contributed by atoms with E-state index >= 15 is 0 Å². The number of aromatic nitrogens is 4. The number of hydrogen-bond donors (Lipinski definition) is 2. The average molecular weight is 357 g/mol. The molecule has 9 heteroatoms. The number of benzene rings is 1. The van der Waals surface area contributed by atoms with E-state index < -0.39 is 0 Å². The van der Waals surface area contributed by atoms with E-state index in [4.69, 9.17) is 19.9 Å². The smallest absolute Gasteiger partial charge is 0.320 e. The van der Waals surface area contributed by atoms with Crippen molar-refractivity contribution in [2.45, 2.75) is 19.4 Å². The third-order valence-electron chi connectivity index (χ3n) is 4.14. The van der Waals surface area contributed by atoms with Crippen LogP contribution in [0.15, 0.2) is 18.2 Å². The van der Waals surface area contributed by atoms with Gasteiger partial charge in [-0.15, -0.1) is 0 Å². The molecule has 4 rings (SSSR count). The molecule has 0 saturated heterocycles. The first-order valence-corrected chi connectivity index (χ1v) is 8.30.